The van der Waals surface area contributed by atoms with Crippen molar-refractivity contribution in [2.24, 2.45) is 5.92 Å². The fourth-order valence-corrected chi connectivity index (χ4v) is 3.25. The molecule has 1 atom stereocenters. The number of carboxylic acids is 1. The first-order valence-electron chi connectivity index (χ1n) is 5.98. The third-order valence-corrected chi connectivity index (χ3v) is 4.13. The van der Waals surface area contributed by atoms with Crippen LogP contribution in [0.3, 0.4) is 0 Å². The van der Waals surface area contributed by atoms with Crippen LogP contribution >= 0.6 is 23.2 Å². The Hall–Kier alpha value is -0.930. The van der Waals surface area contributed by atoms with Gasteiger partial charge >= 0.3 is 5.97 Å². The van der Waals surface area contributed by atoms with Gasteiger partial charge in [0.25, 0.3) is 0 Å². The van der Waals surface area contributed by atoms with E-state index in [-0.39, 0.29) is 5.92 Å². The van der Waals surface area contributed by atoms with Crippen LogP contribution in [0, 0.1) is 5.92 Å². The predicted molar refractivity (Wildman–Crippen MR) is 73.2 cm³/mol. The molecule has 5 heteroatoms. The number of aliphatic carboxylic acids is 1. The Morgan fingerprint density at radius 1 is 1.33 bits per heavy atom. The monoisotopic (exact) mass is 287 g/mol. The van der Waals surface area contributed by atoms with Crippen molar-refractivity contribution in [3.8, 4) is 0 Å². The van der Waals surface area contributed by atoms with E-state index in [4.69, 9.17) is 28.9 Å². The second-order valence-corrected chi connectivity index (χ2v) is 5.59. The Morgan fingerprint density at radius 3 is 2.50 bits per heavy atom. The highest BCUT2D eigenvalue weighted by Crippen LogP contribution is 2.42. The molecule has 0 saturated heterocycles. The van der Waals surface area contributed by atoms with Crippen LogP contribution in [0.2, 0.25) is 10.0 Å². The molecule has 2 rings (SSSR count). The van der Waals surface area contributed by atoms with Gasteiger partial charge in [0.1, 0.15) is 0 Å². The largest absolute Gasteiger partial charge is 0.481 e. The highest BCUT2D eigenvalue weighted by Gasteiger charge is 2.33. The average molecular weight is 288 g/mol. The summed E-state index contributed by atoms with van der Waals surface area (Å²) in [5.74, 6) is -1.34. The van der Waals surface area contributed by atoms with Crippen molar-refractivity contribution >= 4 is 34.9 Å². The Bertz CT molecular complexity index is 470. The molecule has 0 heterocycles. The summed E-state index contributed by atoms with van der Waals surface area (Å²) in [4.78, 5) is 11.5. The second-order valence-electron chi connectivity index (χ2n) is 4.75. The molecular weight excluding hydrogens is 273 g/mol. The van der Waals surface area contributed by atoms with Crippen molar-refractivity contribution < 1.29 is 9.90 Å². The van der Waals surface area contributed by atoms with Crippen molar-refractivity contribution in [1.29, 1.82) is 0 Å². The van der Waals surface area contributed by atoms with Crippen molar-refractivity contribution in [3.63, 3.8) is 0 Å². The number of halogens is 2. The normalized spacial score (nSPS) is 17.9. The van der Waals surface area contributed by atoms with Crippen molar-refractivity contribution in [1.82, 2.24) is 0 Å². The zero-order valence-electron chi connectivity index (χ0n) is 9.83. The molecule has 18 heavy (non-hydrogen) atoms. The molecular formula is C13H15Cl2NO2. The Kier molecular flexibility index (Phi) is 4.03. The lowest BCUT2D eigenvalue weighted by molar-refractivity contribution is -0.140. The van der Waals surface area contributed by atoms with Gasteiger partial charge in [-0.3, -0.25) is 4.79 Å². The van der Waals surface area contributed by atoms with Gasteiger partial charge in [0, 0.05) is 5.02 Å². The van der Waals surface area contributed by atoms with Gasteiger partial charge in [-0.1, -0.05) is 36.0 Å². The number of anilines is 1. The maximum Gasteiger partial charge on any atom is 0.311 e. The third kappa shape index (κ3) is 2.57. The van der Waals surface area contributed by atoms with Crippen LogP contribution in [-0.2, 0) is 4.79 Å². The fourth-order valence-electron chi connectivity index (χ4n) is 2.74. The first kappa shape index (κ1) is 13.5. The van der Waals surface area contributed by atoms with Crippen LogP contribution in [0.5, 0.6) is 0 Å². The van der Waals surface area contributed by atoms with Gasteiger partial charge in [-0.25, -0.2) is 0 Å². The molecule has 1 aromatic carbocycles. The van der Waals surface area contributed by atoms with Gasteiger partial charge < -0.3 is 10.8 Å². The van der Waals surface area contributed by atoms with Gasteiger partial charge in [0.2, 0.25) is 0 Å². The van der Waals surface area contributed by atoms with Gasteiger partial charge in [-0.2, -0.15) is 0 Å². The molecule has 1 unspecified atom stereocenters. The van der Waals surface area contributed by atoms with E-state index < -0.39 is 11.9 Å². The van der Waals surface area contributed by atoms with E-state index in [1.54, 1.807) is 6.07 Å². The van der Waals surface area contributed by atoms with Crippen LogP contribution in [0.15, 0.2) is 12.1 Å². The quantitative estimate of drug-likeness (QED) is 0.828. The zero-order valence-corrected chi connectivity index (χ0v) is 11.3. The summed E-state index contributed by atoms with van der Waals surface area (Å²) >= 11 is 11.9. The summed E-state index contributed by atoms with van der Waals surface area (Å²) in [5.41, 5.74) is 6.79. The summed E-state index contributed by atoms with van der Waals surface area (Å²) in [7, 11) is 0. The van der Waals surface area contributed by atoms with Gasteiger partial charge in [-0.15, -0.1) is 0 Å². The molecule has 1 aromatic rings. The number of benzene rings is 1. The lowest BCUT2D eigenvalue weighted by atomic mass is 9.84. The van der Waals surface area contributed by atoms with E-state index >= 15 is 0 Å². The molecule has 1 saturated carbocycles. The number of carboxylic acid groups (broad SMARTS) is 1. The number of hydrogen-bond acceptors (Lipinski definition) is 2. The SMILES string of the molecule is Nc1c(Cl)cc(Cl)cc1C(C(=O)O)C1CCCC1. The van der Waals surface area contributed by atoms with Crippen molar-refractivity contribution in [2.45, 2.75) is 31.6 Å². The van der Waals surface area contributed by atoms with Gasteiger partial charge in [0.15, 0.2) is 0 Å². The van der Waals surface area contributed by atoms with Crippen molar-refractivity contribution in [3.05, 3.63) is 27.7 Å². The first-order valence-corrected chi connectivity index (χ1v) is 6.73. The lowest BCUT2D eigenvalue weighted by Gasteiger charge is -2.21. The van der Waals surface area contributed by atoms with E-state index in [0.717, 1.165) is 25.7 Å². The molecule has 0 bridgehead atoms. The minimum Gasteiger partial charge on any atom is -0.481 e. The lowest BCUT2D eigenvalue weighted by Crippen LogP contribution is -2.21. The van der Waals surface area contributed by atoms with E-state index in [0.29, 0.717) is 21.3 Å². The van der Waals surface area contributed by atoms with Crippen LogP contribution in [0.4, 0.5) is 5.69 Å². The molecule has 3 N–H and O–H groups in total. The molecule has 98 valence electrons. The molecule has 1 aliphatic carbocycles. The fraction of sp³-hybridized carbons (Fsp3) is 0.462. The van der Waals surface area contributed by atoms with E-state index in [9.17, 15) is 9.90 Å². The number of carbonyl (C=O) groups is 1. The Balaban J connectivity index is 2.45. The first-order chi connectivity index (χ1) is 8.50. The molecule has 0 amide bonds. The summed E-state index contributed by atoms with van der Waals surface area (Å²) < 4.78 is 0. The van der Waals surface area contributed by atoms with Crippen LogP contribution in [0.25, 0.3) is 0 Å². The third-order valence-electron chi connectivity index (χ3n) is 3.60. The van der Waals surface area contributed by atoms with Crippen LogP contribution in [-0.4, -0.2) is 11.1 Å². The summed E-state index contributed by atoms with van der Waals surface area (Å²) in [5, 5.41) is 10.2. The standard InChI is InChI=1S/C13H15Cl2NO2/c14-8-5-9(12(16)10(15)6-8)11(13(17)18)7-3-1-2-4-7/h5-7,11H,1-4,16H2,(H,17,18). The van der Waals surface area contributed by atoms with E-state index in [1.165, 1.54) is 6.07 Å². The highest BCUT2D eigenvalue weighted by molar-refractivity contribution is 6.36. The Labute approximate surface area is 116 Å². The number of nitrogens with two attached hydrogens (primary N) is 1. The second kappa shape index (κ2) is 5.37. The molecule has 0 aromatic heterocycles. The molecule has 3 nitrogen and oxygen atoms in total. The summed E-state index contributed by atoms with van der Waals surface area (Å²) in [6, 6.07) is 3.16. The predicted octanol–water partition coefficient (Wildman–Crippen LogP) is 3.93. The minimum absolute atomic E-state index is 0.124. The smallest absolute Gasteiger partial charge is 0.311 e. The molecule has 1 fully saturated rings. The molecule has 1 aliphatic rings. The van der Waals surface area contributed by atoms with Crippen LogP contribution in [0.1, 0.15) is 37.2 Å². The number of hydrogen-bond donors (Lipinski definition) is 2. The van der Waals surface area contributed by atoms with Gasteiger partial charge in [-0.05, 0) is 36.5 Å². The van der Waals surface area contributed by atoms with Crippen molar-refractivity contribution in [2.75, 3.05) is 5.73 Å². The van der Waals surface area contributed by atoms with E-state index in [1.807, 2.05) is 0 Å². The molecule has 0 aliphatic heterocycles. The zero-order chi connectivity index (χ0) is 13.3. The maximum absolute atomic E-state index is 11.5. The summed E-state index contributed by atoms with van der Waals surface area (Å²) in [6.07, 6.45) is 3.98. The average Bonchev–Trinajstić information content (AvgIpc) is 2.78. The topological polar surface area (TPSA) is 63.3 Å². The number of nitrogen functional groups attached to an aromatic ring is 1. The number of rotatable bonds is 3. The maximum atomic E-state index is 11.5. The Morgan fingerprint density at radius 2 is 1.94 bits per heavy atom. The summed E-state index contributed by atoms with van der Waals surface area (Å²) in [6.45, 7) is 0. The minimum atomic E-state index is -0.855. The molecule has 0 radical (unpaired) electrons. The highest BCUT2D eigenvalue weighted by atomic mass is 35.5. The van der Waals surface area contributed by atoms with Gasteiger partial charge in [0.05, 0.1) is 16.6 Å². The van der Waals surface area contributed by atoms with Crippen LogP contribution < -0.4 is 5.73 Å². The molecule has 0 spiro atoms. The van der Waals surface area contributed by atoms with E-state index in [2.05, 4.69) is 0 Å².